The molecule has 0 fully saturated rings. The lowest BCUT2D eigenvalue weighted by atomic mass is 9.77. The minimum atomic E-state index is -1.01. The fourth-order valence-corrected chi connectivity index (χ4v) is 1.36. The highest BCUT2D eigenvalue weighted by atomic mass is 16.5. The molecule has 0 rings (SSSR count). The standard InChI is InChI=1S/C11H18O4/c1-5-15-7-8(6-12)9(10(13)14)11(2,3)4/h6-7,9H,5H2,1-4H3,(H,13,14). The Morgan fingerprint density at radius 2 is 2.00 bits per heavy atom. The Morgan fingerprint density at radius 3 is 2.27 bits per heavy atom. The van der Waals surface area contributed by atoms with Crippen LogP contribution in [-0.4, -0.2) is 24.0 Å². The number of carboxylic acid groups (broad SMARTS) is 1. The molecule has 1 unspecified atom stereocenters. The Kier molecular flexibility index (Phi) is 5.05. The summed E-state index contributed by atoms with van der Waals surface area (Å²) in [6.07, 6.45) is 1.77. The summed E-state index contributed by atoms with van der Waals surface area (Å²) in [6.45, 7) is 7.50. The monoisotopic (exact) mass is 214 g/mol. The van der Waals surface area contributed by atoms with Crippen LogP contribution in [0, 0.1) is 11.3 Å². The van der Waals surface area contributed by atoms with E-state index >= 15 is 0 Å². The van der Waals surface area contributed by atoms with Crippen LogP contribution < -0.4 is 0 Å². The fourth-order valence-electron chi connectivity index (χ4n) is 1.36. The van der Waals surface area contributed by atoms with Crippen LogP contribution in [0.25, 0.3) is 0 Å². The van der Waals surface area contributed by atoms with E-state index in [4.69, 9.17) is 9.84 Å². The zero-order chi connectivity index (χ0) is 12.1. The van der Waals surface area contributed by atoms with Crippen molar-refractivity contribution in [3.05, 3.63) is 11.8 Å². The number of carboxylic acids is 1. The Hall–Kier alpha value is -1.32. The molecule has 0 aromatic rings. The van der Waals surface area contributed by atoms with Crippen LogP contribution in [0.15, 0.2) is 11.8 Å². The van der Waals surface area contributed by atoms with Gasteiger partial charge >= 0.3 is 5.97 Å². The van der Waals surface area contributed by atoms with E-state index in [1.807, 2.05) is 0 Å². The molecule has 0 aromatic heterocycles. The minimum Gasteiger partial charge on any atom is -0.501 e. The maximum absolute atomic E-state index is 11.1. The van der Waals surface area contributed by atoms with E-state index in [2.05, 4.69) is 0 Å². The van der Waals surface area contributed by atoms with Gasteiger partial charge in [0.15, 0.2) is 0 Å². The summed E-state index contributed by atoms with van der Waals surface area (Å²) in [5.41, 5.74) is -0.354. The van der Waals surface area contributed by atoms with Gasteiger partial charge in [-0.15, -0.1) is 0 Å². The van der Waals surface area contributed by atoms with Gasteiger partial charge in [-0.25, -0.2) is 0 Å². The van der Waals surface area contributed by atoms with Crippen LogP contribution in [0.4, 0.5) is 0 Å². The van der Waals surface area contributed by atoms with Crippen molar-refractivity contribution in [2.45, 2.75) is 27.7 Å². The Balaban J connectivity index is 5.05. The van der Waals surface area contributed by atoms with Gasteiger partial charge in [0, 0.05) is 5.57 Å². The molecule has 0 aliphatic rings. The molecule has 15 heavy (non-hydrogen) atoms. The highest BCUT2D eigenvalue weighted by molar-refractivity contribution is 5.86. The summed E-state index contributed by atoms with van der Waals surface area (Å²) in [5.74, 6) is -1.86. The van der Waals surface area contributed by atoms with Crippen LogP contribution in [0.2, 0.25) is 0 Å². The molecule has 0 aromatic carbocycles. The SMILES string of the molecule is CCOC=C(C=O)C(C(=O)O)C(C)(C)C. The van der Waals surface area contributed by atoms with E-state index in [1.165, 1.54) is 6.26 Å². The average Bonchev–Trinajstić information content (AvgIpc) is 2.08. The van der Waals surface area contributed by atoms with Crippen molar-refractivity contribution in [2.24, 2.45) is 11.3 Å². The lowest BCUT2D eigenvalue weighted by Gasteiger charge is -2.26. The van der Waals surface area contributed by atoms with E-state index in [1.54, 1.807) is 27.7 Å². The van der Waals surface area contributed by atoms with Crippen molar-refractivity contribution < 1.29 is 19.4 Å². The van der Waals surface area contributed by atoms with Crippen LogP contribution in [-0.2, 0) is 14.3 Å². The highest BCUT2D eigenvalue weighted by Crippen LogP contribution is 2.31. The lowest BCUT2D eigenvalue weighted by molar-refractivity contribution is -0.144. The summed E-state index contributed by atoms with van der Waals surface area (Å²) in [6, 6.07) is 0. The molecule has 4 nitrogen and oxygen atoms in total. The van der Waals surface area contributed by atoms with Gasteiger partial charge in [0.2, 0.25) is 0 Å². The van der Waals surface area contributed by atoms with Crippen molar-refractivity contribution in [3.63, 3.8) is 0 Å². The van der Waals surface area contributed by atoms with Gasteiger partial charge in [-0.2, -0.15) is 0 Å². The normalized spacial score (nSPS) is 14.5. The molecule has 0 amide bonds. The molecule has 0 bridgehead atoms. The first-order valence-electron chi connectivity index (χ1n) is 4.84. The first-order chi connectivity index (χ1) is 6.84. The molecule has 1 atom stereocenters. The molecule has 0 heterocycles. The smallest absolute Gasteiger partial charge is 0.311 e. The fraction of sp³-hybridized carbons (Fsp3) is 0.636. The van der Waals surface area contributed by atoms with E-state index in [0.29, 0.717) is 12.9 Å². The predicted molar refractivity (Wildman–Crippen MR) is 56.4 cm³/mol. The minimum absolute atomic E-state index is 0.164. The van der Waals surface area contributed by atoms with Gasteiger partial charge in [0.25, 0.3) is 0 Å². The van der Waals surface area contributed by atoms with E-state index in [0.717, 1.165) is 0 Å². The third kappa shape index (κ3) is 4.14. The number of carbonyl (C=O) groups excluding carboxylic acids is 1. The number of aldehydes is 1. The van der Waals surface area contributed by atoms with Crippen molar-refractivity contribution in [1.29, 1.82) is 0 Å². The van der Waals surface area contributed by atoms with Crippen LogP contribution in [0.5, 0.6) is 0 Å². The lowest BCUT2D eigenvalue weighted by Crippen LogP contribution is -2.30. The van der Waals surface area contributed by atoms with Crippen molar-refractivity contribution in [2.75, 3.05) is 6.61 Å². The second-order valence-corrected chi connectivity index (χ2v) is 4.33. The third-order valence-corrected chi connectivity index (χ3v) is 1.97. The van der Waals surface area contributed by atoms with Crippen LogP contribution in [0.3, 0.4) is 0 Å². The van der Waals surface area contributed by atoms with Crippen molar-refractivity contribution >= 4 is 12.3 Å². The average molecular weight is 214 g/mol. The summed E-state index contributed by atoms with van der Waals surface area (Å²) < 4.78 is 4.96. The summed E-state index contributed by atoms with van der Waals surface area (Å²) in [5, 5.41) is 9.05. The Labute approximate surface area is 89.9 Å². The molecule has 0 saturated heterocycles. The summed E-state index contributed by atoms with van der Waals surface area (Å²) in [7, 11) is 0. The highest BCUT2D eigenvalue weighted by Gasteiger charge is 2.34. The molecule has 0 saturated carbocycles. The first kappa shape index (κ1) is 13.7. The van der Waals surface area contributed by atoms with Crippen LogP contribution in [0.1, 0.15) is 27.7 Å². The quantitative estimate of drug-likeness (QED) is 0.431. The second kappa shape index (κ2) is 5.53. The molecule has 0 radical (unpaired) electrons. The zero-order valence-corrected chi connectivity index (χ0v) is 9.61. The number of hydrogen-bond acceptors (Lipinski definition) is 3. The van der Waals surface area contributed by atoms with Crippen molar-refractivity contribution in [3.8, 4) is 0 Å². The maximum Gasteiger partial charge on any atom is 0.311 e. The predicted octanol–water partition coefficient (Wildman–Crippen LogP) is 1.85. The van der Waals surface area contributed by atoms with Gasteiger partial charge in [-0.05, 0) is 12.3 Å². The van der Waals surface area contributed by atoms with E-state index in [9.17, 15) is 9.59 Å². The topological polar surface area (TPSA) is 63.6 Å². The summed E-state index contributed by atoms with van der Waals surface area (Å²) >= 11 is 0. The molecular weight excluding hydrogens is 196 g/mol. The van der Waals surface area contributed by atoms with Gasteiger partial charge < -0.3 is 9.84 Å². The van der Waals surface area contributed by atoms with Crippen molar-refractivity contribution in [1.82, 2.24) is 0 Å². The molecule has 0 spiro atoms. The number of ether oxygens (including phenoxy) is 1. The zero-order valence-electron chi connectivity index (χ0n) is 9.61. The number of hydrogen-bond donors (Lipinski definition) is 1. The molecule has 0 aliphatic heterocycles. The number of carbonyl (C=O) groups is 2. The first-order valence-corrected chi connectivity index (χ1v) is 4.84. The van der Waals surface area contributed by atoms with Gasteiger partial charge in [0.05, 0.1) is 18.8 Å². The van der Waals surface area contributed by atoms with E-state index < -0.39 is 17.3 Å². The molecule has 86 valence electrons. The van der Waals surface area contributed by atoms with Crippen LogP contribution >= 0.6 is 0 Å². The Bertz CT molecular complexity index is 260. The third-order valence-electron chi connectivity index (χ3n) is 1.97. The van der Waals surface area contributed by atoms with Gasteiger partial charge in [0.1, 0.15) is 6.29 Å². The second-order valence-electron chi connectivity index (χ2n) is 4.33. The van der Waals surface area contributed by atoms with E-state index in [-0.39, 0.29) is 5.57 Å². The molecule has 0 aliphatic carbocycles. The van der Waals surface area contributed by atoms with Gasteiger partial charge in [-0.1, -0.05) is 20.8 Å². The van der Waals surface area contributed by atoms with Gasteiger partial charge in [-0.3, -0.25) is 9.59 Å². The molecule has 4 heteroatoms. The number of rotatable bonds is 5. The summed E-state index contributed by atoms with van der Waals surface area (Å²) in [4.78, 5) is 21.8. The Morgan fingerprint density at radius 1 is 1.47 bits per heavy atom. The maximum atomic E-state index is 11.1. The largest absolute Gasteiger partial charge is 0.501 e. The molecular formula is C11H18O4. The number of aliphatic carboxylic acids is 1. The molecule has 1 N–H and O–H groups in total.